The summed E-state index contributed by atoms with van der Waals surface area (Å²) in [5, 5.41) is 15.0. The standard InChI is InChI=1S/C26H29FN4O5/c1-15-3-12-22(16-4-7-18(27)8-5-16)31(15)23(32)14-30(26(35)36)24(33)21-10-6-17-13-19(9-11-20(17)21)29-25(34)28-2/h4-5,7-9,11,13,15,21-22H,3,6,10,12,14H2,1-2H3,(H,35,36)(H2,28,29,34)/t15-,21+,22-/m1/s1. The predicted octanol–water partition coefficient (Wildman–Crippen LogP) is 3.87. The second kappa shape index (κ2) is 10.3. The van der Waals surface area contributed by atoms with Gasteiger partial charge in [-0.1, -0.05) is 18.2 Å². The molecule has 5 amide bonds. The van der Waals surface area contributed by atoms with Crippen molar-refractivity contribution in [3.8, 4) is 0 Å². The molecule has 1 fully saturated rings. The van der Waals surface area contributed by atoms with Crippen LogP contribution in [0, 0.1) is 5.82 Å². The Morgan fingerprint density at radius 2 is 1.81 bits per heavy atom. The van der Waals surface area contributed by atoms with E-state index in [4.69, 9.17) is 0 Å². The topological polar surface area (TPSA) is 119 Å². The lowest BCUT2D eigenvalue weighted by molar-refractivity contribution is -0.141. The molecule has 3 atom stereocenters. The van der Waals surface area contributed by atoms with Crippen molar-refractivity contribution in [2.45, 2.75) is 50.6 Å². The number of rotatable bonds is 5. The highest BCUT2D eigenvalue weighted by molar-refractivity contribution is 5.99. The van der Waals surface area contributed by atoms with Gasteiger partial charge in [-0.05, 0) is 73.6 Å². The van der Waals surface area contributed by atoms with Crippen molar-refractivity contribution in [3.63, 3.8) is 0 Å². The Morgan fingerprint density at radius 3 is 2.47 bits per heavy atom. The number of carbonyl (C=O) groups excluding carboxylic acids is 3. The third-order valence-corrected chi connectivity index (χ3v) is 7.01. The Labute approximate surface area is 208 Å². The molecule has 1 aliphatic heterocycles. The molecular weight excluding hydrogens is 467 g/mol. The van der Waals surface area contributed by atoms with Gasteiger partial charge in [0.1, 0.15) is 12.4 Å². The number of carbonyl (C=O) groups is 4. The van der Waals surface area contributed by atoms with Crippen LogP contribution in [0.25, 0.3) is 0 Å². The number of benzene rings is 2. The lowest BCUT2D eigenvalue weighted by atomic mass is 9.99. The minimum absolute atomic E-state index is 0.142. The van der Waals surface area contributed by atoms with Gasteiger partial charge in [0.25, 0.3) is 0 Å². The summed E-state index contributed by atoms with van der Waals surface area (Å²) in [6, 6.07) is 10.2. The molecule has 36 heavy (non-hydrogen) atoms. The van der Waals surface area contributed by atoms with E-state index in [0.717, 1.165) is 17.5 Å². The van der Waals surface area contributed by atoms with E-state index in [1.807, 2.05) is 6.92 Å². The third kappa shape index (κ3) is 5.02. The summed E-state index contributed by atoms with van der Waals surface area (Å²) in [5.74, 6) is -2.18. The van der Waals surface area contributed by atoms with Crippen molar-refractivity contribution >= 4 is 29.6 Å². The Hall–Kier alpha value is -3.95. The number of likely N-dealkylation sites (tertiary alicyclic amines) is 1. The maximum Gasteiger partial charge on any atom is 0.414 e. The number of amides is 5. The highest BCUT2D eigenvalue weighted by atomic mass is 19.1. The molecule has 0 bridgehead atoms. The first-order valence-electron chi connectivity index (χ1n) is 11.9. The first-order valence-corrected chi connectivity index (χ1v) is 11.9. The maximum atomic E-state index is 13.4. The van der Waals surface area contributed by atoms with E-state index in [-0.39, 0.29) is 23.9 Å². The summed E-state index contributed by atoms with van der Waals surface area (Å²) in [5.41, 5.74) is 2.89. The molecule has 10 heteroatoms. The molecule has 1 aliphatic carbocycles. The number of nitrogens with one attached hydrogen (secondary N) is 2. The van der Waals surface area contributed by atoms with Gasteiger partial charge in [0, 0.05) is 18.8 Å². The molecule has 9 nitrogen and oxygen atoms in total. The molecule has 1 heterocycles. The van der Waals surface area contributed by atoms with Gasteiger partial charge in [-0.2, -0.15) is 0 Å². The van der Waals surface area contributed by atoms with Crippen molar-refractivity contribution in [3.05, 3.63) is 65.0 Å². The van der Waals surface area contributed by atoms with Crippen LogP contribution < -0.4 is 10.6 Å². The summed E-state index contributed by atoms with van der Waals surface area (Å²) in [6.45, 7) is 1.30. The zero-order chi connectivity index (χ0) is 26.0. The number of halogens is 1. The Morgan fingerprint density at radius 1 is 1.08 bits per heavy atom. The van der Waals surface area contributed by atoms with E-state index in [1.54, 1.807) is 35.2 Å². The molecule has 0 radical (unpaired) electrons. The molecule has 4 rings (SSSR count). The number of fused-ring (bicyclic) bond motifs is 1. The van der Waals surface area contributed by atoms with Gasteiger partial charge in [0.05, 0.1) is 12.0 Å². The SMILES string of the molecule is CNC(=O)Nc1ccc2c(c1)CC[C@@H]2C(=O)N(CC(=O)N1[C@H](C)CC[C@@H]1c1ccc(F)cc1)C(=O)O. The Bertz CT molecular complexity index is 1190. The van der Waals surface area contributed by atoms with Crippen LogP contribution in [0.2, 0.25) is 0 Å². The molecule has 3 N–H and O–H groups in total. The van der Waals surface area contributed by atoms with Crippen LogP contribution in [0.4, 0.5) is 19.7 Å². The van der Waals surface area contributed by atoms with Crippen LogP contribution in [0.3, 0.4) is 0 Å². The number of nitrogens with zero attached hydrogens (tertiary/aromatic N) is 2. The second-order valence-electron chi connectivity index (χ2n) is 9.21. The first kappa shape index (κ1) is 25.2. The van der Waals surface area contributed by atoms with E-state index in [9.17, 15) is 28.7 Å². The number of aryl methyl sites for hydroxylation is 1. The zero-order valence-corrected chi connectivity index (χ0v) is 20.2. The van der Waals surface area contributed by atoms with Gasteiger partial charge >= 0.3 is 12.1 Å². The molecule has 0 spiro atoms. The summed E-state index contributed by atoms with van der Waals surface area (Å²) < 4.78 is 13.4. The second-order valence-corrected chi connectivity index (χ2v) is 9.21. The smallest absolute Gasteiger partial charge is 0.414 e. The quantitative estimate of drug-likeness (QED) is 0.581. The van der Waals surface area contributed by atoms with Gasteiger partial charge in [-0.25, -0.2) is 18.9 Å². The van der Waals surface area contributed by atoms with Gasteiger partial charge < -0.3 is 20.6 Å². The van der Waals surface area contributed by atoms with E-state index >= 15 is 0 Å². The van der Waals surface area contributed by atoms with E-state index in [0.29, 0.717) is 35.4 Å². The molecule has 2 aliphatic rings. The lowest BCUT2D eigenvalue weighted by Crippen LogP contribution is -2.48. The first-order chi connectivity index (χ1) is 17.2. The highest BCUT2D eigenvalue weighted by Gasteiger charge is 2.40. The van der Waals surface area contributed by atoms with Crippen LogP contribution in [0.5, 0.6) is 0 Å². The van der Waals surface area contributed by atoms with Crippen LogP contribution in [-0.2, 0) is 16.0 Å². The Balaban J connectivity index is 1.51. The molecule has 190 valence electrons. The van der Waals surface area contributed by atoms with Crippen LogP contribution >= 0.6 is 0 Å². The average Bonchev–Trinajstić information content (AvgIpc) is 3.45. The fraction of sp³-hybridized carbons (Fsp3) is 0.385. The minimum Gasteiger partial charge on any atom is -0.465 e. The lowest BCUT2D eigenvalue weighted by Gasteiger charge is -2.31. The highest BCUT2D eigenvalue weighted by Crippen LogP contribution is 2.38. The van der Waals surface area contributed by atoms with Crippen molar-refractivity contribution in [2.24, 2.45) is 0 Å². The summed E-state index contributed by atoms with van der Waals surface area (Å²) in [6.07, 6.45) is 0.865. The zero-order valence-electron chi connectivity index (χ0n) is 20.2. The number of hydrogen-bond acceptors (Lipinski definition) is 4. The van der Waals surface area contributed by atoms with E-state index in [2.05, 4.69) is 10.6 Å². The molecule has 0 unspecified atom stereocenters. The van der Waals surface area contributed by atoms with Crippen LogP contribution in [0.15, 0.2) is 42.5 Å². The molecule has 2 aromatic carbocycles. The van der Waals surface area contributed by atoms with Crippen LogP contribution in [-0.4, -0.2) is 58.5 Å². The summed E-state index contributed by atoms with van der Waals surface area (Å²) >= 11 is 0. The predicted molar refractivity (Wildman–Crippen MR) is 130 cm³/mol. The maximum absolute atomic E-state index is 13.4. The number of hydrogen-bond donors (Lipinski definition) is 3. The monoisotopic (exact) mass is 496 g/mol. The molecule has 2 aromatic rings. The van der Waals surface area contributed by atoms with Gasteiger partial charge in [-0.15, -0.1) is 0 Å². The van der Waals surface area contributed by atoms with E-state index < -0.39 is 30.4 Å². The normalized spacial score (nSPS) is 20.5. The molecule has 0 saturated carbocycles. The third-order valence-electron chi connectivity index (χ3n) is 7.01. The fourth-order valence-corrected chi connectivity index (χ4v) is 5.21. The minimum atomic E-state index is -1.48. The number of carboxylic acid groups (broad SMARTS) is 1. The average molecular weight is 497 g/mol. The van der Waals surface area contributed by atoms with Gasteiger partial charge in [-0.3, -0.25) is 9.59 Å². The fourth-order valence-electron chi connectivity index (χ4n) is 5.21. The van der Waals surface area contributed by atoms with Gasteiger partial charge in [0.15, 0.2) is 0 Å². The molecular formula is C26H29FN4O5. The van der Waals surface area contributed by atoms with Crippen molar-refractivity contribution in [2.75, 3.05) is 18.9 Å². The molecule has 1 saturated heterocycles. The number of imide groups is 1. The summed E-state index contributed by atoms with van der Waals surface area (Å²) in [4.78, 5) is 52.5. The van der Waals surface area contributed by atoms with E-state index in [1.165, 1.54) is 19.2 Å². The van der Waals surface area contributed by atoms with Crippen molar-refractivity contribution < 1.29 is 28.7 Å². The number of anilines is 1. The van der Waals surface area contributed by atoms with Gasteiger partial charge in [0.2, 0.25) is 11.8 Å². The Kier molecular flexibility index (Phi) is 7.23. The van der Waals surface area contributed by atoms with Crippen molar-refractivity contribution in [1.82, 2.24) is 15.1 Å². The van der Waals surface area contributed by atoms with Crippen molar-refractivity contribution in [1.29, 1.82) is 0 Å². The largest absolute Gasteiger partial charge is 0.465 e. The number of urea groups is 1. The molecule has 0 aromatic heterocycles. The summed E-state index contributed by atoms with van der Waals surface area (Å²) in [7, 11) is 1.50. The van der Waals surface area contributed by atoms with Crippen LogP contribution in [0.1, 0.15) is 54.8 Å².